The normalized spacial score (nSPS) is 16.9. The molecular formula is C29H27ClF3NO8. The fourth-order valence-electron chi connectivity index (χ4n) is 4.80. The van der Waals surface area contributed by atoms with Crippen LogP contribution in [0.3, 0.4) is 0 Å². The molecule has 0 aromatic heterocycles. The highest BCUT2D eigenvalue weighted by molar-refractivity contribution is 6.31. The Morgan fingerprint density at radius 3 is 2.29 bits per heavy atom. The van der Waals surface area contributed by atoms with Crippen molar-refractivity contribution in [1.82, 2.24) is 0 Å². The van der Waals surface area contributed by atoms with Crippen LogP contribution in [-0.4, -0.2) is 51.5 Å². The third-order valence-electron chi connectivity index (χ3n) is 6.74. The molecule has 3 aromatic rings. The number of carbonyl (C=O) groups excluding carboxylic acids is 1. The lowest BCUT2D eigenvalue weighted by Crippen LogP contribution is -2.40. The number of ether oxygens (including phenoxy) is 5. The molecule has 224 valence electrons. The summed E-state index contributed by atoms with van der Waals surface area (Å²) in [5, 5.41) is 9.01. The van der Waals surface area contributed by atoms with Gasteiger partial charge in [-0.3, -0.25) is 9.59 Å². The number of carboxylic acid groups (broad SMARTS) is 1. The molecule has 0 bridgehead atoms. The van der Waals surface area contributed by atoms with Gasteiger partial charge >= 0.3 is 12.1 Å². The first kappa shape index (κ1) is 30.8. The topological polar surface area (TPSA) is 104 Å². The Labute approximate surface area is 244 Å². The van der Waals surface area contributed by atoms with Crippen molar-refractivity contribution >= 4 is 29.2 Å². The maximum absolute atomic E-state index is 14.1. The third kappa shape index (κ3) is 6.04. The minimum absolute atomic E-state index is 0.0771. The Morgan fingerprint density at radius 2 is 1.69 bits per heavy atom. The van der Waals surface area contributed by atoms with E-state index in [9.17, 15) is 27.9 Å². The molecule has 1 heterocycles. The summed E-state index contributed by atoms with van der Waals surface area (Å²) >= 11 is 6.17. The number of amides is 1. The second-order valence-electron chi connectivity index (χ2n) is 9.18. The van der Waals surface area contributed by atoms with Crippen LogP contribution in [0.25, 0.3) is 0 Å². The summed E-state index contributed by atoms with van der Waals surface area (Å²) in [6, 6.07) is 11.3. The standard InChI is InChI=1S/C29H27ClF3NO8/c1-38-16-9-8-15(23(10-16)40-3)14-34-21-12-19(29(31,32)33)20(30)11-18(21)26(42-24(28(34)37)13-25(35)36)17-6-5-7-22(39-2)27(17)41-4/h5-12,24,26H,13-14H2,1-4H3,(H,35,36)/t24-,26-/m0/s1. The second kappa shape index (κ2) is 12.4. The van der Waals surface area contributed by atoms with E-state index in [1.165, 1.54) is 28.4 Å². The highest BCUT2D eigenvalue weighted by atomic mass is 35.5. The maximum Gasteiger partial charge on any atom is 0.417 e. The van der Waals surface area contributed by atoms with Crippen LogP contribution in [0, 0.1) is 0 Å². The van der Waals surface area contributed by atoms with Crippen molar-refractivity contribution in [2.24, 2.45) is 0 Å². The van der Waals surface area contributed by atoms with Crippen molar-refractivity contribution < 1.29 is 51.6 Å². The highest BCUT2D eigenvalue weighted by Gasteiger charge is 2.42. The van der Waals surface area contributed by atoms with Crippen LogP contribution in [0.2, 0.25) is 5.02 Å². The number of nitrogens with zero attached hydrogens (tertiary/aromatic N) is 1. The summed E-state index contributed by atoms with van der Waals surface area (Å²) in [7, 11) is 5.60. The van der Waals surface area contributed by atoms with Crippen molar-refractivity contribution in [2.75, 3.05) is 33.3 Å². The van der Waals surface area contributed by atoms with E-state index in [1.807, 2.05) is 0 Å². The van der Waals surface area contributed by atoms with Gasteiger partial charge in [0, 0.05) is 22.8 Å². The zero-order valence-corrected chi connectivity index (χ0v) is 23.7. The minimum atomic E-state index is -4.87. The fourth-order valence-corrected chi connectivity index (χ4v) is 5.07. The van der Waals surface area contributed by atoms with Crippen LogP contribution < -0.4 is 23.8 Å². The molecule has 3 aromatic carbocycles. The Bertz CT molecular complexity index is 1500. The van der Waals surface area contributed by atoms with Crippen LogP contribution in [0.1, 0.15) is 34.8 Å². The maximum atomic E-state index is 14.1. The number of carbonyl (C=O) groups is 2. The number of fused-ring (bicyclic) bond motifs is 1. The van der Waals surface area contributed by atoms with Crippen LogP contribution in [-0.2, 0) is 27.0 Å². The molecule has 1 N–H and O–H groups in total. The molecule has 0 spiro atoms. The van der Waals surface area contributed by atoms with Crippen LogP contribution in [0.4, 0.5) is 18.9 Å². The van der Waals surface area contributed by atoms with Crippen LogP contribution in [0.15, 0.2) is 48.5 Å². The van der Waals surface area contributed by atoms with E-state index in [-0.39, 0.29) is 34.9 Å². The van der Waals surface area contributed by atoms with E-state index in [0.717, 1.165) is 17.0 Å². The van der Waals surface area contributed by atoms with E-state index in [2.05, 4.69) is 0 Å². The van der Waals surface area contributed by atoms with Gasteiger partial charge in [0.05, 0.1) is 57.7 Å². The molecule has 0 unspecified atom stereocenters. The Hall–Kier alpha value is -4.16. The number of benzene rings is 3. The highest BCUT2D eigenvalue weighted by Crippen LogP contribution is 2.48. The Kier molecular flexibility index (Phi) is 9.07. The number of hydrogen-bond acceptors (Lipinski definition) is 7. The van der Waals surface area contributed by atoms with E-state index >= 15 is 0 Å². The molecule has 13 heteroatoms. The predicted molar refractivity (Wildman–Crippen MR) is 146 cm³/mol. The number of anilines is 1. The Balaban J connectivity index is 2.02. The first-order valence-corrected chi connectivity index (χ1v) is 12.8. The molecule has 1 aliphatic heterocycles. The van der Waals surface area contributed by atoms with Gasteiger partial charge in [0.25, 0.3) is 5.91 Å². The van der Waals surface area contributed by atoms with Gasteiger partial charge in [0.2, 0.25) is 0 Å². The lowest BCUT2D eigenvalue weighted by molar-refractivity contribution is -0.147. The largest absolute Gasteiger partial charge is 0.497 e. The number of hydrogen-bond donors (Lipinski definition) is 1. The first-order chi connectivity index (χ1) is 19.9. The summed E-state index contributed by atoms with van der Waals surface area (Å²) < 4.78 is 70.0. The van der Waals surface area contributed by atoms with Crippen molar-refractivity contribution in [3.05, 3.63) is 75.8 Å². The van der Waals surface area contributed by atoms with Crippen LogP contribution in [0.5, 0.6) is 23.0 Å². The van der Waals surface area contributed by atoms with Gasteiger partial charge in [0.1, 0.15) is 23.7 Å². The molecule has 0 radical (unpaired) electrons. The monoisotopic (exact) mass is 609 g/mol. The number of halogens is 4. The molecule has 2 atom stereocenters. The van der Waals surface area contributed by atoms with Gasteiger partial charge < -0.3 is 33.7 Å². The third-order valence-corrected chi connectivity index (χ3v) is 7.05. The van der Waals surface area contributed by atoms with E-state index in [4.69, 9.17) is 35.3 Å². The van der Waals surface area contributed by atoms with Gasteiger partial charge in [-0.2, -0.15) is 13.2 Å². The molecule has 0 saturated heterocycles. The zero-order valence-electron chi connectivity index (χ0n) is 23.0. The number of rotatable bonds is 9. The van der Waals surface area contributed by atoms with Crippen molar-refractivity contribution in [3.63, 3.8) is 0 Å². The van der Waals surface area contributed by atoms with E-state index < -0.39 is 47.3 Å². The van der Waals surface area contributed by atoms with E-state index in [0.29, 0.717) is 17.1 Å². The number of aliphatic carboxylic acids is 1. The van der Waals surface area contributed by atoms with Gasteiger partial charge in [-0.05, 0) is 30.3 Å². The summed E-state index contributed by atoms with van der Waals surface area (Å²) in [6.07, 6.45) is -8.52. The molecule has 9 nitrogen and oxygen atoms in total. The quantitative estimate of drug-likeness (QED) is 0.320. The number of para-hydroxylation sites is 1. The summed E-state index contributed by atoms with van der Waals surface area (Å²) in [6.45, 7) is -0.292. The predicted octanol–water partition coefficient (Wildman–Crippen LogP) is 5.89. The molecule has 42 heavy (non-hydrogen) atoms. The number of carboxylic acids is 1. The summed E-state index contributed by atoms with van der Waals surface area (Å²) in [5.74, 6) is -1.04. The van der Waals surface area contributed by atoms with Crippen molar-refractivity contribution in [2.45, 2.75) is 31.3 Å². The van der Waals surface area contributed by atoms with Gasteiger partial charge in [-0.15, -0.1) is 0 Å². The molecule has 0 aliphatic carbocycles. The average molecular weight is 610 g/mol. The minimum Gasteiger partial charge on any atom is -0.497 e. The molecule has 0 saturated carbocycles. The lowest BCUT2D eigenvalue weighted by Gasteiger charge is -2.27. The molecule has 0 fully saturated rings. The zero-order chi connectivity index (χ0) is 30.8. The van der Waals surface area contributed by atoms with Crippen molar-refractivity contribution in [1.29, 1.82) is 0 Å². The van der Waals surface area contributed by atoms with Crippen molar-refractivity contribution in [3.8, 4) is 23.0 Å². The number of methoxy groups -OCH3 is 4. The van der Waals surface area contributed by atoms with E-state index in [1.54, 1.807) is 36.4 Å². The average Bonchev–Trinajstić information content (AvgIpc) is 3.05. The van der Waals surface area contributed by atoms with Crippen LogP contribution >= 0.6 is 11.6 Å². The molecule has 1 amide bonds. The first-order valence-electron chi connectivity index (χ1n) is 12.4. The lowest BCUT2D eigenvalue weighted by atomic mass is 9.96. The fraction of sp³-hybridized carbons (Fsp3) is 0.310. The van der Waals surface area contributed by atoms with Gasteiger partial charge in [-0.25, -0.2) is 0 Å². The molecule has 4 rings (SSSR count). The smallest absolute Gasteiger partial charge is 0.417 e. The Morgan fingerprint density at radius 1 is 0.976 bits per heavy atom. The molecule has 1 aliphatic rings. The summed E-state index contributed by atoms with van der Waals surface area (Å²) in [5.41, 5.74) is -0.602. The van der Waals surface area contributed by atoms with Gasteiger partial charge in [0.15, 0.2) is 11.5 Å². The SMILES string of the molecule is COc1ccc(CN2C(=O)[C@H](CC(=O)O)O[C@@H](c3cccc(OC)c3OC)c3cc(Cl)c(C(F)(F)F)cc32)c(OC)c1. The van der Waals surface area contributed by atoms with Gasteiger partial charge in [-0.1, -0.05) is 23.7 Å². The summed E-state index contributed by atoms with van der Waals surface area (Å²) in [4.78, 5) is 26.9. The number of alkyl halides is 3. The molecular weight excluding hydrogens is 583 g/mol. The second-order valence-corrected chi connectivity index (χ2v) is 9.58.